The number of aromatic nitrogens is 1. The topological polar surface area (TPSA) is 83.6 Å². The average Bonchev–Trinajstić information content (AvgIpc) is 3.02. The molecule has 1 fully saturated rings. The summed E-state index contributed by atoms with van der Waals surface area (Å²) in [5.41, 5.74) is 6.48. The van der Waals surface area contributed by atoms with Gasteiger partial charge in [-0.15, -0.1) is 11.3 Å². The van der Waals surface area contributed by atoms with Gasteiger partial charge in [0.05, 0.1) is 10.7 Å². The number of likely N-dealkylation sites (tertiary alicyclic amines) is 1. The summed E-state index contributed by atoms with van der Waals surface area (Å²) in [6.45, 7) is 7.61. The molecule has 7 heteroatoms. The van der Waals surface area contributed by atoms with Gasteiger partial charge in [-0.05, 0) is 32.1 Å². The van der Waals surface area contributed by atoms with E-state index in [0.717, 1.165) is 63.5 Å². The monoisotopic (exact) mass is 351 g/mol. The van der Waals surface area contributed by atoms with E-state index in [2.05, 4.69) is 34.4 Å². The molecule has 0 bridgehead atoms. The van der Waals surface area contributed by atoms with Crippen molar-refractivity contribution in [2.75, 3.05) is 26.2 Å². The van der Waals surface area contributed by atoms with Crippen molar-refractivity contribution >= 4 is 23.2 Å². The first-order valence-electron chi connectivity index (χ1n) is 8.87. The standard InChI is InChI=1S/C17H29N5OS/c1-3-16-21-14(12-24-16)7-8-20-17(19-4-2)22-9-5-6-13(11-22)10-15(18)23/h12-13H,3-11H2,1-2H3,(H2,18,23)(H,19,20). The van der Waals surface area contributed by atoms with E-state index in [1.165, 1.54) is 5.01 Å². The summed E-state index contributed by atoms with van der Waals surface area (Å²) in [5.74, 6) is 1.07. The highest BCUT2D eigenvalue weighted by Crippen LogP contribution is 2.19. The van der Waals surface area contributed by atoms with Crippen molar-refractivity contribution in [2.24, 2.45) is 16.6 Å². The Bertz CT molecular complexity index is 557. The van der Waals surface area contributed by atoms with Crippen LogP contribution in [0.4, 0.5) is 0 Å². The first-order valence-corrected chi connectivity index (χ1v) is 9.75. The third-order valence-corrected chi connectivity index (χ3v) is 5.22. The van der Waals surface area contributed by atoms with Crippen molar-refractivity contribution in [1.29, 1.82) is 0 Å². The lowest BCUT2D eigenvalue weighted by atomic mass is 9.95. The van der Waals surface area contributed by atoms with Gasteiger partial charge in [0.1, 0.15) is 0 Å². The van der Waals surface area contributed by atoms with E-state index in [9.17, 15) is 4.79 Å². The van der Waals surface area contributed by atoms with Crippen LogP contribution in [0.2, 0.25) is 0 Å². The van der Waals surface area contributed by atoms with Crippen LogP contribution in [0, 0.1) is 5.92 Å². The van der Waals surface area contributed by atoms with Crippen LogP contribution in [0.5, 0.6) is 0 Å². The van der Waals surface area contributed by atoms with Gasteiger partial charge < -0.3 is 16.0 Å². The Hall–Kier alpha value is -1.63. The number of carbonyl (C=O) groups excluding carboxylic acids is 1. The Balaban J connectivity index is 1.92. The molecule has 2 heterocycles. The van der Waals surface area contributed by atoms with Crippen LogP contribution < -0.4 is 11.1 Å². The predicted octanol–water partition coefficient (Wildman–Crippen LogP) is 1.80. The average molecular weight is 352 g/mol. The predicted molar refractivity (Wildman–Crippen MR) is 99.3 cm³/mol. The number of amides is 1. The highest BCUT2D eigenvalue weighted by Gasteiger charge is 2.23. The molecule has 1 amide bonds. The summed E-state index contributed by atoms with van der Waals surface area (Å²) in [6, 6.07) is 0. The summed E-state index contributed by atoms with van der Waals surface area (Å²) in [4.78, 5) is 22.8. The number of nitrogens with zero attached hydrogens (tertiary/aromatic N) is 3. The molecule has 1 saturated heterocycles. The quantitative estimate of drug-likeness (QED) is 0.579. The van der Waals surface area contributed by atoms with Crippen LogP contribution in [0.25, 0.3) is 0 Å². The van der Waals surface area contributed by atoms with Crippen molar-refractivity contribution in [3.05, 3.63) is 16.1 Å². The number of thiazole rings is 1. The minimum Gasteiger partial charge on any atom is -0.370 e. The van der Waals surface area contributed by atoms with Crippen molar-refractivity contribution in [3.8, 4) is 0 Å². The van der Waals surface area contributed by atoms with Crippen LogP contribution in [0.15, 0.2) is 10.4 Å². The van der Waals surface area contributed by atoms with Gasteiger partial charge in [-0.1, -0.05) is 6.92 Å². The lowest BCUT2D eigenvalue weighted by Gasteiger charge is -2.34. The molecule has 1 aromatic rings. The van der Waals surface area contributed by atoms with E-state index in [4.69, 9.17) is 10.7 Å². The minimum absolute atomic E-state index is 0.209. The van der Waals surface area contributed by atoms with Gasteiger partial charge >= 0.3 is 0 Å². The molecule has 1 aliphatic heterocycles. The summed E-state index contributed by atoms with van der Waals surface area (Å²) >= 11 is 1.72. The Kier molecular flexibility index (Phi) is 7.49. The molecule has 3 N–H and O–H groups in total. The molecular formula is C17H29N5OS. The SMILES string of the molecule is CCNC(=NCCc1csc(CC)n1)N1CCCC(CC(N)=O)C1. The zero-order chi connectivity index (χ0) is 17.4. The van der Waals surface area contributed by atoms with Crippen LogP contribution in [0.3, 0.4) is 0 Å². The van der Waals surface area contributed by atoms with Crippen LogP contribution in [-0.4, -0.2) is 47.9 Å². The molecule has 134 valence electrons. The lowest BCUT2D eigenvalue weighted by molar-refractivity contribution is -0.119. The first-order chi connectivity index (χ1) is 11.6. The van der Waals surface area contributed by atoms with Gasteiger partial charge in [0.15, 0.2) is 5.96 Å². The molecule has 1 atom stereocenters. The van der Waals surface area contributed by atoms with Gasteiger partial charge in [-0.2, -0.15) is 0 Å². The first kappa shape index (κ1) is 18.7. The molecule has 0 saturated carbocycles. The number of hydrogen-bond donors (Lipinski definition) is 2. The summed E-state index contributed by atoms with van der Waals surface area (Å²) in [6.07, 6.45) is 4.47. The number of primary amides is 1. The van der Waals surface area contributed by atoms with E-state index < -0.39 is 0 Å². The fraction of sp³-hybridized carbons (Fsp3) is 0.706. The summed E-state index contributed by atoms with van der Waals surface area (Å²) in [5, 5.41) is 6.69. The molecule has 1 aliphatic rings. The van der Waals surface area contributed by atoms with Crippen molar-refractivity contribution < 1.29 is 4.79 Å². The van der Waals surface area contributed by atoms with E-state index in [1.54, 1.807) is 11.3 Å². The number of carbonyl (C=O) groups is 1. The largest absolute Gasteiger partial charge is 0.370 e. The van der Waals surface area contributed by atoms with Gasteiger partial charge in [0.25, 0.3) is 0 Å². The molecule has 1 aromatic heterocycles. The third kappa shape index (κ3) is 5.78. The second kappa shape index (κ2) is 9.61. The van der Waals surface area contributed by atoms with Crippen LogP contribution in [-0.2, 0) is 17.6 Å². The van der Waals surface area contributed by atoms with E-state index >= 15 is 0 Å². The smallest absolute Gasteiger partial charge is 0.217 e. The number of nitrogens with one attached hydrogen (secondary N) is 1. The molecule has 1 unspecified atom stereocenters. The number of nitrogens with two attached hydrogens (primary N) is 1. The molecule has 24 heavy (non-hydrogen) atoms. The Morgan fingerprint density at radius 2 is 2.38 bits per heavy atom. The Morgan fingerprint density at radius 3 is 3.04 bits per heavy atom. The highest BCUT2D eigenvalue weighted by molar-refractivity contribution is 7.09. The number of aliphatic imine (C=N–C) groups is 1. The van der Waals surface area contributed by atoms with Crippen molar-refractivity contribution in [2.45, 2.75) is 46.0 Å². The van der Waals surface area contributed by atoms with Gasteiger partial charge in [0.2, 0.25) is 5.91 Å². The minimum atomic E-state index is -0.209. The number of hydrogen-bond acceptors (Lipinski definition) is 4. The Labute approximate surface area is 148 Å². The highest BCUT2D eigenvalue weighted by atomic mass is 32.1. The van der Waals surface area contributed by atoms with Gasteiger partial charge in [-0.25, -0.2) is 4.98 Å². The fourth-order valence-electron chi connectivity index (χ4n) is 3.04. The van der Waals surface area contributed by atoms with E-state index in [-0.39, 0.29) is 5.91 Å². The van der Waals surface area contributed by atoms with Gasteiger partial charge in [-0.3, -0.25) is 9.79 Å². The van der Waals surface area contributed by atoms with Crippen molar-refractivity contribution in [1.82, 2.24) is 15.2 Å². The lowest BCUT2D eigenvalue weighted by Crippen LogP contribution is -2.47. The molecule has 0 aromatic carbocycles. The molecule has 0 spiro atoms. The van der Waals surface area contributed by atoms with Crippen LogP contribution >= 0.6 is 11.3 Å². The zero-order valence-corrected chi connectivity index (χ0v) is 15.6. The van der Waals surface area contributed by atoms with Crippen molar-refractivity contribution in [3.63, 3.8) is 0 Å². The number of guanidine groups is 1. The molecule has 6 nitrogen and oxygen atoms in total. The summed E-state index contributed by atoms with van der Waals surface area (Å²) < 4.78 is 0. The van der Waals surface area contributed by atoms with Crippen LogP contribution in [0.1, 0.15) is 43.8 Å². The maximum atomic E-state index is 11.2. The molecule has 0 radical (unpaired) electrons. The maximum absolute atomic E-state index is 11.2. The number of aryl methyl sites for hydroxylation is 1. The fourth-order valence-corrected chi connectivity index (χ4v) is 3.82. The van der Waals surface area contributed by atoms with E-state index in [0.29, 0.717) is 12.3 Å². The molecule has 2 rings (SSSR count). The second-order valence-electron chi connectivity index (χ2n) is 6.20. The molecular weight excluding hydrogens is 322 g/mol. The van der Waals surface area contributed by atoms with Gasteiger partial charge in [0, 0.05) is 44.4 Å². The zero-order valence-electron chi connectivity index (χ0n) is 14.8. The second-order valence-corrected chi connectivity index (χ2v) is 7.14. The normalized spacial score (nSPS) is 18.7. The third-order valence-electron chi connectivity index (χ3n) is 4.17. The number of rotatable bonds is 7. The number of piperidine rings is 1. The summed E-state index contributed by atoms with van der Waals surface area (Å²) in [7, 11) is 0. The Morgan fingerprint density at radius 1 is 1.54 bits per heavy atom. The van der Waals surface area contributed by atoms with E-state index in [1.807, 2.05) is 0 Å². The molecule has 0 aliphatic carbocycles. The maximum Gasteiger partial charge on any atom is 0.217 e.